The van der Waals surface area contributed by atoms with Crippen LogP contribution in [0.4, 0.5) is 5.69 Å². The number of benzene rings is 2. The lowest BCUT2D eigenvalue weighted by Gasteiger charge is -2.11. The Bertz CT molecular complexity index is 913. The van der Waals surface area contributed by atoms with Gasteiger partial charge in [0.2, 0.25) is 0 Å². The highest BCUT2D eigenvalue weighted by atomic mass is 16.2. The largest absolute Gasteiger partial charge is 0.390 e. The third-order valence-electron chi connectivity index (χ3n) is 4.27. The first kappa shape index (κ1) is 18.6. The smallest absolute Gasteiger partial charge is 0.283 e. The fourth-order valence-electron chi connectivity index (χ4n) is 2.80. The normalized spacial score (nSPS) is 16.0. The number of nitrogens with one attached hydrogen (secondary N) is 1. The van der Waals surface area contributed by atoms with Gasteiger partial charge in [-0.2, -0.15) is 10.1 Å². The maximum Gasteiger partial charge on any atom is 0.283 e. The third-order valence-corrected chi connectivity index (χ3v) is 4.27. The van der Waals surface area contributed by atoms with Gasteiger partial charge in [-0.15, -0.1) is 0 Å². The van der Waals surface area contributed by atoms with E-state index in [9.17, 15) is 4.79 Å². The summed E-state index contributed by atoms with van der Waals surface area (Å²) in [4.78, 5) is 17.6. The van der Waals surface area contributed by atoms with Crippen molar-refractivity contribution in [3.05, 3.63) is 77.5 Å². The van der Waals surface area contributed by atoms with Gasteiger partial charge in [0.25, 0.3) is 5.91 Å². The summed E-state index contributed by atoms with van der Waals surface area (Å²) < 4.78 is 0. The summed E-state index contributed by atoms with van der Waals surface area (Å²) >= 11 is 0. The van der Waals surface area contributed by atoms with Crippen LogP contribution in [0, 0.1) is 6.92 Å². The number of amides is 1. The second-order valence-corrected chi connectivity index (χ2v) is 6.39. The second-order valence-electron chi connectivity index (χ2n) is 6.39. The number of aliphatic imine (C=N–C) groups is 1. The van der Waals surface area contributed by atoms with Crippen molar-refractivity contribution in [2.45, 2.75) is 27.2 Å². The number of rotatable bonds is 5. The molecule has 1 aliphatic heterocycles. The van der Waals surface area contributed by atoms with E-state index in [4.69, 9.17) is 0 Å². The van der Waals surface area contributed by atoms with Crippen molar-refractivity contribution in [1.82, 2.24) is 10.3 Å². The van der Waals surface area contributed by atoms with Crippen LogP contribution in [0.2, 0.25) is 0 Å². The lowest BCUT2D eigenvalue weighted by molar-refractivity contribution is -0.122. The van der Waals surface area contributed by atoms with Gasteiger partial charge >= 0.3 is 0 Å². The Morgan fingerprint density at radius 2 is 1.85 bits per heavy atom. The van der Waals surface area contributed by atoms with Gasteiger partial charge in [0.1, 0.15) is 11.5 Å². The molecule has 0 fully saturated rings. The summed E-state index contributed by atoms with van der Waals surface area (Å²) in [7, 11) is 0. The van der Waals surface area contributed by atoms with Gasteiger partial charge in [-0.25, -0.2) is 4.99 Å². The molecule has 2 aromatic carbocycles. The lowest BCUT2D eigenvalue weighted by atomic mass is 10.0. The number of amidine groups is 1. The van der Waals surface area contributed by atoms with Gasteiger partial charge in [0.15, 0.2) is 0 Å². The molecule has 27 heavy (non-hydrogen) atoms. The van der Waals surface area contributed by atoms with Crippen LogP contribution in [-0.4, -0.2) is 29.0 Å². The number of nitrogens with zero attached hydrogens (tertiary/aromatic N) is 3. The SMILES string of the molecule is CCCN/C=C1/C(=O)N(/C(C)=N/c2ccccc2C)N=C1c1ccccc1. The average Bonchev–Trinajstić information content (AvgIpc) is 3.01. The first-order valence-electron chi connectivity index (χ1n) is 9.15. The van der Waals surface area contributed by atoms with E-state index in [1.165, 1.54) is 5.01 Å². The van der Waals surface area contributed by atoms with Crippen LogP contribution in [0.3, 0.4) is 0 Å². The van der Waals surface area contributed by atoms with Crippen molar-refractivity contribution >= 4 is 23.1 Å². The summed E-state index contributed by atoms with van der Waals surface area (Å²) in [6.45, 7) is 6.68. The van der Waals surface area contributed by atoms with Crippen LogP contribution in [0.15, 0.2) is 76.5 Å². The van der Waals surface area contributed by atoms with Crippen LogP contribution in [0.25, 0.3) is 0 Å². The summed E-state index contributed by atoms with van der Waals surface area (Å²) in [6.07, 6.45) is 2.74. The zero-order chi connectivity index (χ0) is 19.2. The Labute approximate surface area is 160 Å². The standard InChI is InChI=1S/C22H24N4O/c1-4-14-23-15-19-21(18-11-6-5-7-12-18)25-26(22(19)27)17(3)24-20-13-9-8-10-16(20)2/h5-13,15,23H,4,14H2,1-3H3/b19-15+,24-17+. The summed E-state index contributed by atoms with van der Waals surface area (Å²) in [5.74, 6) is 0.369. The molecule has 2 aromatic rings. The molecule has 1 aliphatic rings. The van der Waals surface area contributed by atoms with Crippen molar-refractivity contribution in [1.29, 1.82) is 0 Å². The van der Waals surface area contributed by atoms with E-state index in [0.29, 0.717) is 17.1 Å². The molecule has 0 saturated carbocycles. The third kappa shape index (κ3) is 4.14. The Morgan fingerprint density at radius 1 is 1.15 bits per heavy atom. The van der Waals surface area contributed by atoms with E-state index in [0.717, 1.165) is 29.8 Å². The van der Waals surface area contributed by atoms with E-state index < -0.39 is 0 Å². The molecule has 0 bridgehead atoms. The van der Waals surface area contributed by atoms with Gasteiger partial charge in [0.05, 0.1) is 11.3 Å². The Kier molecular flexibility index (Phi) is 5.81. The maximum atomic E-state index is 13.0. The molecule has 5 nitrogen and oxygen atoms in total. The molecule has 3 rings (SSSR count). The predicted octanol–water partition coefficient (Wildman–Crippen LogP) is 4.17. The van der Waals surface area contributed by atoms with Crippen LogP contribution in [-0.2, 0) is 4.79 Å². The van der Waals surface area contributed by atoms with Gasteiger partial charge < -0.3 is 5.32 Å². The van der Waals surface area contributed by atoms with E-state index >= 15 is 0 Å². The molecule has 0 aliphatic carbocycles. The number of hydrazone groups is 1. The van der Waals surface area contributed by atoms with Gasteiger partial charge in [-0.3, -0.25) is 4.79 Å². The van der Waals surface area contributed by atoms with Crippen molar-refractivity contribution < 1.29 is 4.79 Å². The average molecular weight is 360 g/mol. The van der Waals surface area contributed by atoms with Crippen molar-refractivity contribution in [2.24, 2.45) is 10.1 Å². The maximum absolute atomic E-state index is 13.0. The van der Waals surface area contributed by atoms with Gasteiger partial charge in [-0.1, -0.05) is 55.5 Å². The Balaban J connectivity index is 1.98. The first-order valence-corrected chi connectivity index (χ1v) is 9.15. The highest BCUT2D eigenvalue weighted by molar-refractivity contribution is 6.33. The Hall–Kier alpha value is -3.21. The van der Waals surface area contributed by atoms with E-state index in [1.807, 2.05) is 61.5 Å². The molecule has 0 spiro atoms. The second kappa shape index (κ2) is 8.45. The molecule has 5 heteroatoms. The Morgan fingerprint density at radius 3 is 2.56 bits per heavy atom. The fraction of sp³-hybridized carbons (Fsp3) is 0.227. The number of hydrogen-bond acceptors (Lipinski definition) is 4. The minimum Gasteiger partial charge on any atom is -0.390 e. The fourth-order valence-corrected chi connectivity index (χ4v) is 2.80. The minimum atomic E-state index is -0.174. The molecule has 0 atom stereocenters. The molecule has 0 aromatic heterocycles. The van der Waals surface area contributed by atoms with E-state index in [1.54, 1.807) is 13.1 Å². The minimum absolute atomic E-state index is 0.174. The molecule has 0 unspecified atom stereocenters. The molecular formula is C22H24N4O. The highest BCUT2D eigenvalue weighted by Gasteiger charge is 2.32. The summed E-state index contributed by atoms with van der Waals surface area (Å²) in [5.41, 5.74) is 4.00. The summed E-state index contributed by atoms with van der Waals surface area (Å²) in [6, 6.07) is 17.6. The highest BCUT2D eigenvalue weighted by Crippen LogP contribution is 2.23. The molecule has 0 saturated heterocycles. The molecule has 138 valence electrons. The molecular weight excluding hydrogens is 336 g/mol. The monoisotopic (exact) mass is 360 g/mol. The molecule has 1 amide bonds. The molecule has 0 radical (unpaired) electrons. The van der Waals surface area contributed by atoms with Crippen LogP contribution in [0.1, 0.15) is 31.4 Å². The van der Waals surface area contributed by atoms with Crippen LogP contribution < -0.4 is 5.32 Å². The molecule has 1 heterocycles. The number of carbonyl (C=O) groups excluding carboxylic acids is 1. The van der Waals surface area contributed by atoms with Crippen molar-refractivity contribution in [2.75, 3.05) is 6.54 Å². The van der Waals surface area contributed by atoms with Gasteiger partial charge in [0, 0.05) is 18.3 Å². The van der Waals surface area contributed by atoms with Crippen molar-refractivity contribution in [3.63, 3.8) is 0 Å². The number of hydrogen-bond donors (Lipinski definition) is 1. The number of para-hydroxylation sites is 1. The predicted molar refractivity (Wildman–Crippen MR) is 110 cm³/mol. The zero-order valence-electron chi connectivity index (χ0n) is 15.9. The first-order chi connectivity index (χ1) is 13.1. The lowest BCUT2D eigenvalue weighted by Crippen LogP contribution is -2.27. The summed E-state index contributed by atoms with van der Waals surface area (Å²) in [5, 5.41) is 9.16. The topological polar surface area (TPSA) is 57.1 Å². The van der Waals surface area contributed by atoms with Crippen molar-refractivity contribution in [3.8, 4) is 0 Å². The quantitative estimate of drug-likeness (QED) is 0.376. The van der Waals surface area contributed by atoms with E-state index in [-0.39, 0.29) is 5.91 Å². The van der Waals surface area contributed by atoms with Crippen LogP contribution >= 0.6 is 0 Å². The molecule has 1 N–H and O–H groups in total. The van der Waals surface area contributed by atoms with Gasteiger partial charge in [-0.05, 0) is 31.9 Å². The zero-order valence-corrected chi connectivity index (χ0v) is 15.9. The van der Waals surface area contributed by atoms with Crippen LogP contribution in [0.5, 0.6) is 0 Å². The number of carbonyl (C=O) groups is 1. The van der Waals surface area contributed by atoms with E-state index in [2.05, 4.69) is 22.3 Å². The number of aryl methyl sites for hydroxylation is 1.